The first-order chi connectivity index (χ1) is 15.9. The van der Waals surface area contributed by atoms with E-state index in [4.69, 9.17) is 11.6 Å². The predicted octanol–water partition coefficient (Wildman–Crippen LogP) is 8.49. The molecular formula is C27H48ClNO3S. The Morgan fingerprint density at radius 2 is 1.15 bits per heavy atom. The lowest BCUT2D eigenvalue weighted by molar-refractivity contribution is 0.428. The Hall–Kier alpha value is -0.780. The third-order valence-corrected chi connectivity index (χ3v) is 8.83. The van der Waals surface area contributed by atoms with Crippen LogP contribution in [-0.2, 0) is 16.4 Å². The van der Waals surface area contributed by atoms with Gasteiger partial charge in [0.1, 0.15) is 4.90 Å². The van der Waals surface area contributed by atoms with E-state index in [1.54, 1.807) is 26.0 Å². The maximum absolute atomic E-state index is 12.8. The SMILES string of the molecule is CCCCCCCCCCCCCCCCCc1cc(Cl)c(O)c(S(=O)(=O)N(CC)CC)c1. The summed E-state index contributed by atoms with van der Waals surface area (Å²) in [6.07, 6.45) is 20.6. The van der Waals surface area contributed by atoms with Crippen LogP contribution in [0.25, 0.3) is 0 Å². The summed E-state index contributed by atoms with van der Waals surface area (Å²) in [5.41, 5.74) is 0.873. The highest BCUT2D eigenvalue weighted by Gasteiger charge is 2.26. The Morgan fingerprint density at radius 1 is 0.727 bits per heavy atom. The first-order valence-electron chi connectivity index (χ1n) is 13.4. The fourth-order valence-corrected chi connectivity index (χ4v) is 6.28. The molecule has 6 heteroatoms. The Labute approximate surface area is 209 Å². The van der Waals surface area contributed by atoms with Crippen LogP contribution in [0.5, 0.6) is 5.75 Å². The molecule has 0 saturated carbocycles. The molecular weight excluding hydrogens is 454 g/mol. The van der Waals surface area contributed by atoms with Crippen LogP contribution in [0.15, 0.2) is 17.0 Å². The number of hydrogen-bond donors (Lipinski definition) is 1. The first kappa shape index (κ1) is 30.3. The van der Waals surface area contributed by atoms with Crippen LogP contribution in [-0.4, -0.2) is 30.9 Å². The summed E-state index contributed by atoms with van der Waals surface area (Å²) >= 11 is 6.15. The highest BCUT2D eigenvalue weighted by atomic mass is 35.5. The van der Waals surface area contributed by atoms with E-state index in [0.29, 0.717) is 13.1 Å². The fraction of sp³-hybridized carbons (Fsp3) is 0.778. The number of unbranched alkanes of at least 4 members (excludes halogenated alkanes) is 14. The summed E-state index contributed by atoms with van der Waals surface area (Å²) in [5.74, 6) is -0.344. The van der Waals surface area contributed by atoms with Gasteiger partial charge in [-0.3, -0.25) is 0 Å². The molecule has 0 aromatic heterocycles. The molecule has 0 bridgehead atoms. The van der Waals surface area contributed by atoms with E-state index < -0.39 is 10.0 Å². The van der Waals surface area contributed by atoms with E-state index >= 15 is 0 Å². The molecule has 4 nitrogen and oxygen atoms in total. The largest absolute Gasteiger partial charge is 0.505 e. The first-order valence-corrected chi connectivity index (χ1v) is 15.2. The monoisotopic (exact) mass is 501 g/mol. The van der Waals surface area contributed by atoms with Crippen LogP contribution in [0.1, 0.15) is 123 Å². The van der Waals surface area contributed by atoms with Gasteiger partial charge in [0.05, 0.1) is 5.02 Å². The van der Waals surface area contributed by atoms with Gasteiger partial charge >= 0.3 is 0 Å². The molecule has 0 radical (unpaired) electrons. The van der Waals surface area contributed by atoms with Gasteiger partial charge in [0.15, 0.2) is 5.75 Å². The number of aromatic hydroxyl groups is 1. The van der Waals surface area contributed by atoms with Crippen molar-refractivity contribution in [3.05, 3.63) is 22.7 Å². The second kappa shape index (κ2) is 17.6. The van der Waals surface area contributed by atoms with Gasteiger partial charge in [0.2, 0.25) is 10.0 Å². The molecule has 0 aliphatic rings. The summed E-state index contributed by atoms with van der Waals surface area (Å²) in [7, 11) is -3.74. The van der Waals surface area contributed by atoms with Crippen molar-refractivity contribution in [2.24, 2.45) is 0 Å². The summed E-state index contributed by atoms with van der Waals surface area (Å²) in [5, 5.41) is 10.4. The van der Waals surface area contributed by atoms with Gasteiger partial charge in [0.25, 0.3) is 0 Å². The second-order valence-electron chi connectivity index (χ2n) is 9.21. The van der Waals surface area contributed by atoms with E-state index in [1.165, 1.54) is 87.8 Å². The molecule has 0 spiro atoms. The van der Waals surface area contributed by atoms with E-state index in [0.717, 1.165) is 24.8 Å². The predicted molar refractivity (Wildman–Crippen MR) is 142 cm³/mol. The van der Waals surface area contributed by atoms with E-state index in [2.05, 4.69) is 6.92 Å². The van der Waals surface area contributed by atoms with Crippen molar-refractivity contribution in [3.8, 4) is 5.75 Å². The maximum Gasteiger partial charge on any atom is 0.246 e. The summed E-state index contributed by atoms with van der Waals surface area (Å²) < 4.78 is 27.0. The fourth-order valence-electron chi connectivity index (χ4n) is 4.37. The third-order valence-electron chi connectivity index (χ3n) is 6.48. The summed E-state index contributed by atoms with van der Waals surface area (Å²) in [6.45, 7) is 6.57. The lowest BCUT2D eigenvalue weighted by atomic mass is 10.0. The Balaban J connectivity index is 2.25. The molecule has 0 heterocycles. The molecule has 1 rings (SSSR count). The van der Waals surface area contributed by atoms with Crippen LogP contribution in [0.3, 0.4) is 0 Å². The zero-order valence-electron chi connectivity index (χ0n) is 21.4. The van der Waals surface area contributed by atoms with Crippen molar-refractivity contribution >= 4 is 21.6 Å². The number of sulfonamides is 1. The van der Waals surface area contributed by atoms with Crippen LogP contribution in [0.4, 0.5) is 0 Å². The van der Waals surface area contributed by atoms with Crippen molar-refractivity contribution in [2.75, 3.05) is 13.1 Å². The van der Waals surface area contributed by atoms with Crippen LogP contribution >= 0.6 is 11.6 Å². The van der Waals surface area contributed by atoms with E-state index in [-0.39, 0.29) is 15.7 Å². The maximum atomic E-state index is 12.8. The molecule has 0 unspecified atom stereocenters. The van der Waals surface area contributed by atoms with Crippen molar-refractivity contribution in [2.45, 2.75) is 128 Å². The molecule has 192 valence electrons. The van der Waals surface area contributed by atoms with Gasteiger partial charge in [-0.05, 0) is 30.5 Å². The normalized spacial score (nSPS) is 12.0. The van der Waals surface area contributed by atoms with Gasteiger partial charge < -0.3 is 5.11 Å². The molecule has 0 amide bonds. The van der Waals surface area contributed by atoms with Crippen LogP contribution in [0, 0.1) is 0 Å². The number of hydrogen-bond acceptors (Lipinski definition) is 3. The number of halogens is 1. The number of phenolic OH excluding ortho intramolecular Hbond substituents is 1. The topological polar surface area (TPSA) is 57.6 Å². The zero-order valence-corrected chi connectivity index (χ0v) is 23.0. The lowest BCUT2D eigenvalue weighted by Gasteiger charge is -2.20. The average molecular weight is 502 g/mol. The van der Waals surface area contributed by atoms with E-state index in [1.807, 2.05) is 0 Å². The molecule has 1 aromatic rings. The van der Waals surface area contributed by atoms with E-state index in [9.17, 15) is 13.5 Å². The van der Waals surface area contributed by atoms with Crippen LogP contribution < -0.4 is 0 Å². The molecule has 0 saturated heterocycles. The standard InChI is InChI=1S/C27H48ClNO3S/c1-4-7-8-9-10-11-12-13-14-15-16-17-18-19-20-21-24-22-25(28)27(30)26(23-24)33(31,32)29(5-2)6-3/h22-23,30H,4-21H2,1-3H3. The number of aryl methyl sites for hydroxylation is 1. The smallest absolute Gasteiger partial charge is 0.246 e. The van der Waals surface area contributed by atoms with Gasteiger partial charge in [-0.25, -0.2) is 8.42 Å². The number of nitrogens with zero attached hydrogens (tertiary/aromatic N) is 1. The molecule has 33 heavy (non-hydrogen) atoms. The summed E-state index contributed by atoms with van der Waals surface area (Å²) in [6, 6.07) is 3.29. The van der Waals surface area contributed by atoms with Crippen molar-refractivity contribution in [1.29, 1.82) is 0 Å². The van der Waals surface area contributed by atoms with Crippen molar-refractivity contribution < 1.29 is 13.5 Å². The Bertz CT molecular complexity index is 748. The Kier molecular flexibility index (Phi) is 16.2. The molecule has 0 aliphatic heterocycles. The van der Waals surface area contributed by atoms with Gasteiger partial charge in [-0.15, -0.1) is 0 Å². The third kappa shape index (κ3) is 11.5. The minimum atomic E-state index is -3.74. The quantitative estimate of drug-likeness (QED) is 0.182. The number of benzene rings is 1. The molecule has 1 aromatic carbocycles. The molecule has 0 atom stereocenters. The minimum absolute atomic E-state index is 0.0744. The van der Waals surface area contributed by atoms with Crippen molar-refractivity contribution in [3.63, 3.8) is 0 Å². The van der Waals surface area contributed by atoms with Crippen LogP contribution in [0.2, 0.25) is 5.02 Å². The molecule has 0 fully saturated rings. The summed E-state index contributed by atoms with van der Waals surface area (Å²) in [4.78, 5) is -0.0744. The molecule has 0 aliphatic carbocycles. The van der Waals surface area contributed by atoms with Gasteiger partial charge in [-0.1, -0.05) is 122 Å². The Morgan fingerprint density at radius 3 is 1.58 bits per heavy atom. The average Bonchev–Trinajstić information content (AvgIpc) is 2.79. The lowest BCUT2D eigenvalue weighted by Crippen LogP contribution is -2.30. The van der Waals surface area contributed by atoms with Crippen molar-refractivity contribution in [1.82, 2.24) is 4.31 Å². The van der Waals surface area contributed by atoms with Gasteiger partial charge in [-0.2, -0.15) is 4.31 Å². The highest BCUT2D eigenvalue weighted by Crippen LogP contribution is 2.34. The molecule has 1 N–H and O–H groups in total. The van der Waals surface area contributed by atoms with Gasteiger partial charge in [0, 0.05) is 13.1 Å². The number of rotatable bonds is 20. The second-order valence-corrected chi connectivity index (χ2v) is 11.5. The zero-order chi connectivity index (χ0) is 24.5. The number of phenols is 1. The highest BCUT2D eigenvalue weighted by molar-refractivity contribution is 7.89. The minimum Gasteiger partial charge on any atom is -0.505 e.